The van der Waals surface area contributed by atoms with E-state index in [9.17, 15) is 18.0 Å². The largest absolute Gasteiger partial charge is 0.444 e. The fourth-order valence-electron chi connectivity index (χ4n) is 1.82. The van der Waals surface area contributed by atoms with Gasteiger partial charge in [0.05, 0.1) is 5.25 Å². The lowest BCUT2D eigenvalue weighted by Gasteiger charge is -2.21. The van der Waals surface area contributed by atoms with Gasteiger partial charge in [-0.15, -0.1) is 6.58 Å². The van der Waals surface area contributed by atoms with Gasteiger partial charge in [-0.1, -0.05) is 6.08 Å². The van der Waals surface area contributed by atoms with Crippen molar-refractivity contribution >= 4 is 22.0 Å². The van der Waals surface area contributed by atoms with E-state index in [-0.39, 0.29) is 18.9 Å². The van der Waals surface area contributed by atoms with E-state index < -0.39 is 32.9 Å². The predicted octanol–water partition coefficient (Wildman–Crippen LogP) is 1.70. The van der Waals surface area contributed by atoms with E-state index in [1.165, 1.54) is 0 Å². The summed E-state index contributed by atoms with van der Waals surface area (Å²) in [6.45, 7) is 9.24. The van der Waals surface area contributed by atoms with Crippen LogP contribution in [0.4, 0.5) is 4.79 Å². The van der Waals surface area contributed by atoms with Crippen LogP contribution in [-0.2, 0) is 19.6 Å². The van der Waals surface area contributed by atoms with Crippen LogP contribution in [0.3, 0.4) is 0 Å². The van der Waals surface area contributed by atoms with Gasteiger partial charge in [-0.25, -0.2) is 13.2 Å². The zero-order chi connectivity index (χ0) is 17.7. The number of nitrogens with one attached hydrogen (secondary N) is 2. The Kier molecular flexibility index (Phi) is 6.61. The number of amides is 2. The van der Waals surface area contributed by atoms with Gasteiger partial charge in [0, 0.05) is 13.0 Å². The highest BCUT2D eigenvalue weighted by Crippen LogP contribution is 2.27. The number of alkyl carbamates (subject to hydrolysis) is 1. The zero-order valence-corrected chi connectivity index (χ0v) is 14.7. The van der Waals surface area contributed by atoms with Gasteiger partial charge in [-0.05, 0) is 46.0 Å². The molecule has 0 radical (unpaired) electrons. The molecule has 1 rings (SSSR count). The van der Waals surface area contributed by atoms with Gasteiger partial charge in [-0.2, -0.15) is 0 Å². The maximum atomic E-state index is 11.7. The van der Waals surface area contributed by atoms with Gasteiger partial charge in [0.15, 0.2) is 0 Å². The highest BCUT2D eigenvalue weighted by atomic mass is 32.2. The molecule has 0 bridgehead atoms. The minimum absolute atomic E-state index is 0.0542. The quantitative estimate of drug-likeness (QED) is 0.651. The fraction of sp³-hybridized carbons (Fsp3) is 0.733. The number of carbonyl (C=O) groups is 2. The summed E-state index contributed by atoms with van der Waals surface area (Å²) in [4.78, 5) is 23.3. The van der Waals surface area contributed by atoms with E-state index >= 15 is 0 Å². The van der Waals surface area contributed by atoms with Gasteiger partial charge in [0.25, 0.3) is 0 Å². The molecule has 1 saturated carbocycles. The van der Waals surface area contributed by atoms with E-state index in [1.54, 1.807) is 26.8 Å². The number of ether oxygens (including phenoxy) is 1. The summed E-state index contributed by atoms with van der Waals surface area (Å²) in [6, 6.07) is 0. The summed E-state index contributed by atoms with van der Waals surface area (Å²) >= 11 is 0. The Morgan fingerprint density at radius 1 is 1.35 bits per heavy atom. The number of hydrogen-bond donors (Lipinski definition) is 2. The van der Waals surface area contributed by atoms with Crippen molar-refractivity contribution in [2.75, 3.05) is 6.54 Å². The molecule has 0 heterocycles. The van der Waals surface area contributed by atoms with Crippen molar-refractivity contribution in [2.24, 2.45) is 5.92 Å². The van der Waals surface area contributed by atoms with Crippen LogP contribution in [0.5, 0.6) is 0 Å². The van der Waals surface area contributed by atoms with Gasteiger partial charge in [0.1, 0.15) is 5.60 Å². The minimum Gasteiger partial charge on any atom is -0.444 e. The van der Waals surface area contributed by atoms with Crippen LogP contribution in [0.2, 0.25) is 0 Å². The molecule has 0 aliphatic heterocycles. The third-order valence-electron chi connectivity index (χ3n) is 3.20. The first kappa shape index (κ1) is 19.5. The molecule has 2 N–H and O–H groups in total. The van der Waals surface area contributed by atoms with Crippen LogP contribution in [-0.4, -0.2) is 37.8 Å². The smallest absolute Gasteiger partial charge is 0.407 e. The van der Waals surface area contributed by atoms with E-state index in [1.807, 2.05) is 0 Å². The molecule has 1 fully saturated rings. The Hall–Kier alpha value is -1.57. The molecule has 1 atom stereocenters. The Balaban J connectivity index is 2.31. The highest BCUT2D eigenvalue weighted by Gasteiger charge is 2.36. The number of rotatable bonds is 8. The zero-order valence-electron chi connectivity index (χ0n) is 13.9. The molecule has 0 aromatic heterocycles. The number of sulfonamides is 1. The third-order valence-corrected chi connectivity index (χ3v) is 5.06. The molecule has 0 aromatic carbocycles. The molecule has 1 unspecified atom stereocenters. The standard InChI is InChI=1S/C15H26N2O5S/c1-5-11(10-16-14(19)22-15(2,3)4)6-9-13(18)17-23(20,21)12-7-8-12/h5,11-12H,1,6-10H2,2-4H3,(H,16,19)(H,17,18). The molecule has 2 amide bonds. The number of carbonyl (C=O) groups excluding carboxylic acids is 2. The molecule has 1 aliphatic rings. The van der Waals surface area contributed by atoms with Crippen LogP contribution in [0.15, 0.2) is 12.7 Å². The molecule has 7 nitrogen and oxygen atoms in total. The Morgan fingerprint density at radius 3 is 2.43 bits per heavy atom. The average molecular weight is 346 g/mol. The summed E-state index contributed by atoms with van der Waals surface area (Å²) in [5.74, 6) is -0.669. The monoisotopic (exact) mass is 346 g/mol. The molecule has 1 aliphatic carbocycles. The lowest BCUT2D eigenvalue weighted by atomic mass is 10.0. The second-order valence-corrected chi connectivity index (χ2v) is 8.65. The molecule has 8 heteroatoms. The van der Waals surface area contributed by atoms with Crippen LogP contribution < -0.4 is 10.0 Å². The lowest BCUT2D eigenvalue weighted by Crippen LogP contribution is -2.36. The highest BCUT2D eigenvalue weighted by molar-refractivity contribution is 7.90. The van der Waals surface area contributed by atoms with E-state index in [0.29, 0.717) is 19.3 Å². The third kappa shape index (κ3) is 8.01. The van der Waals surface area contributed by atoms with Crippen molar-refractivity contribution in [3.8, 4) is 0 Å². The van der Waals surface area contributed by atoms with Crippen molar-refractivity contribution < 1.29 is 22.7 Å². The first-order valence-corrected chi connectivity index (χ1v) is 9.22. The van der Waals surface area contributed by atoms with Crippen LogP contribution in [0.1, 0.15) is 46.5 Å². The van der Waals surface area contributed by atoms with Gasteiger partial charge >= 0.3 is 6.09 Å². The summed E-state index contributed by atoms with van der Waals surface area (Å²) in [7, 11) is -3.50. The Bertz CT molecular complexity index is 547. The Labute approximate surface area is 137 Å². The molecule has 0 aromatic rings. The fourth-order valence-corrected chi connectivity index (χ4v) is 3.16. The number of hydrogen-bond acceptors (Lipinski definition) is 5. The normalized spacial score (nSPS) is 16.3. The summed E-state index contributed by atoms with van der Waals surface area (Å²) in [6.07, 6.45) is 2.75. The molecule has 0 spiro atoms. The molecule has 132 valence electrons. The van der Waals surface area contributed by atoms with Crippen LogP contribution in [0.25, 0.3) is 0 Å². The topological polar surface area (TPSA) is 102 Å². The molecular weight excluding hydrogens is 320 g/mol. The molecule has 23 heavy (non-hydrogen) atoms. The van der Waals surface area contributed by atoms with Crippen molar-refractivity contribution in [2.45, 2.75) is 57.3 Å². The van der Waals surface area contributed by atoms with Crippen molar-refractivity contribution in [1.82, 2.24) is 10.0 Å². The van der Waals surface area contributed by atoms with Crippen LogP contribution in [0, 0.1) is 5.92 Å². The van der Waals surface area contributed by atoms with Crippen molar-refractivity contribution in [1.29, 1.82) is 0 Å². The van der Waals surface area contributed by atoms with Gasteiger partial charge < -0.3 is 10.1 Å². The maximum Gasteiger partial charge on any atom is 0.407 e. The van der Waals surface area contributed by atoms with E-state index in [0.717, 1.165) is 0 Å². The average Bonchev–Trinajstić information content (AvgIpc) is 3.20. The van der Waals surface area contributed by atoms with Crippen molar-refractivity contribution in [3.63, 3.8) is 0 Å². The predicted molar refractivity (Wildman–Crippen MR) is 87.2 cm³/mol. The van der Waals surface area contributed by atoms with E-state index in [4.69, 9.17) is 4.74 Å². The first-order valence-electron chi connectivity index (χ1n) is 7.67. The summed E-state index contributed by atoms with van der Waals surface area (Å²) in [5, 5.41) is 2.19. The summed E-state index contributed by atoms with van der Waals surface area (Å²) in [5.41, 5.74) is -0.579. The lowest BCUT2D eigenvalue weighted by molar-refractivity contribution is -0.119. The molecule has 0 saturated heterocycles. The SMILES string of the molecule is C=CC(CCC(=O)NS(=O)(=O)C1CC1)CNC(=O)OC(C)(C)C. The molecular formula is C15H26N2O5S. The van der Waals surface area contributed by atoms with E-state index in [2.05, 4.69) is 16.6 Å². The second kappa shape index (κ2) is 7.81. The first-order chi connectivity index (χ1) is 10.5. The minimum atomic E-state index is -3.50. The summed E-state index contributed by atoms with van der Waals surface area (Å²) < 4.78 is 30.5. The maximum absolute atomic E-state index is 11.7. The second-order valence-electron chi connectivity index (χ2n) is 6.69. The Morgan fingerprint density at radius 2 is 1.96 bits per heavy atom. The van der Waals surface area contributed by atoms with Gasteiger partial charge in [-0.3, -0.25) is 9.52 Å². The van der Waals surface area contributed by atoms with Crippen molar-refractivity contribution in [3.05, 3.63) is 12.7 Å². The van der Waals surface area contributed by atoms with Gasteiger partial charge in [0.2, 0.25) is 15.9 Å². The van der Waals surface area contributed by atoms with Crippen LogP contribution >= 0.6 is 0 Å².